The van der Waals surface area contributed by atoms with Crippen LogP contribution < -0.4 is 4.74 Å². The number of hydrogen-bond acceptors (Lipinski definition) is 4. The van der Waals surface area contributed by atoms with Crippen molar-refractivity contribution in [1.29, 1.82) is 0 Å². The minimum atomic E-state index is -0.822. The quantitative estimate of drug-likeness (QED) is 0.844. The van der Waals surface area contributed by atoms with Gasteiger partial charge in [-0.05, 0) is 12.3 Å². The fourth-order valence-corrected chi connectivity index (χ4v) is 3.39. The lowest BCUT2D eigenvalue weighted by Gasteiger charge is -2.45. The first-order chi connectivity index (χ1) is 10.2. The van der Waals surface area contributed by atoms with E-state index in [0.29, 0.717) is 18.8 Å². The maximum atomic E-state index is 10.1. The molecule has 108 valence electrons. The minimum absolute atomic E-state index is 0.00515. The molecule has 2 atom stereocenters. The summed E-state index contributed by atoms with van der Waals surface area (Å²) in [4.78, 5) is 0. The predicted molar refractivity (Wildman–Crippen MR) is 76.4 cm³/mol. The molecular weight excluding hydrogens is 268 g/mol. The third-order valence-corrected chi connectivity index (χ3v) is 4.32. The number of aromatic hydroxyl groups is 2. The molecule has 0 aliphatic carbocycles. The molecule has 2 aliphatic rings. The summed E-state index contributed by atoms with van der Waals surface area (Å²) in [6.45, 7) is 0.583. The van der Waals surface area contributed by atoms with Gasteiger partial charge in [0.25, 0.3) is 0 Å². The highest BCUT2D eigenvalue weighted by Crippen LogP contribution is 2.54. The summed E-state index contributed by atoms with van der Waals surface area (Å²) in [6.07, 6.45) is 1.51. The van der Waals surface area contributed by atoms with Crippen LogP contribution in [0.25, 0.3) is 0 Å². The van der Waals surface area contributed by atoms with Crippen LogP contribution in [0.2, 0.25) is 0 Å². The van der Waals surface area contributed by atoms with Crippen LogP contribution in [0.1, 0.15) is 29.9 Å². The van der Waals surface area contributed by atoms with E-state index in [-0.39, 0.29) is 17.4 Å². The summed E-state index contributed by atoms with van der Waals surface area (Å²) in [5.41, 5.74) is 1.74. The van der Waals surface area contributed by atoms with Gasteiger partial charge in [-0.3, -0.25) is 0 Å². The zero-order valence-electron chi connectivity index (χ0n) is 11.5. The maximum absolute atomic E-state index is 10.1. The molecule has 2 aliphatic heterocycles. The third-order valence-electron chi connectivity index (χ3n) is 4.32. The lowest BCUT2D eigenvalue weighted by atomic mass is 9.81. The van der Waals surface area contributed by atoms with Crippen LogP contribution in [0.4, 0.5) is 0 Å². The molecule has 0 saturated carbocycles. The van der Waals surface area contributed by atoms with Gasteiger partial charge in [0.15, 0.2) is 0 Å². The SMILES string of the molecule is Oc1cc(O)c2c(c1)OC1(c3ccccc3)CC2CCO1. The van der Waals surface area contributed by atoms with E-state index in [0.717, 1.165) is 17.5 Å². The molecule has 0 radical (unpaired) electrons. The molecule has 2 bridgehead atoms. The van der Waals surface area contributed by atoms with E-state index in [4.69, 9.17) is 9.47 Å². The fourth-order valence-electron chi connectivity index (χ4n) is 3.39. The van der Waals surface area contributed by atoms with Crippen LogP contribution >= 0.6 is 0 Å². The van der Waals surface area contributed by atoms with Crippen LogP contribution in [0.15, 0.2) is 42.5 Å². The summed E-state index contributed by atoms with van der Waals surface area (Å²) in [7, 11) is 0. The standard InChI is InChI=1S/C17H16O4/c18-13-8-14(19)16-11-6-7-20-17(10-11,21-15(16)9-13)12-4-2-1-3-5-12/h1-5,8-9,11,18-19H,6-7,10H2. The zero-order chi connectivity index (χ0) is 14.4. The molecule has 4 heteroatoms. The Morgan fingerprint density at radius 3 is 2.71 bits per heavy atom. The van der Waals surface area contributed by atoms with Crippen LogP contribution in [-0.2, 0) is 10.5 Å². The van der Waals surface area contributed by atoms with Gasteiger partial charge in [-0.15, -0.1) is 0 Å². The summed E-state index contributed by atoms with van der Waals surface area (Å²) in [5.74, 6) is -0.0548. The molecular formula is C17H16O4. The Morgan fingerprint density at radius 1 is 1.10 bits per heavy atom. The zero-order valence-corrected chi connectivity index (χ0v) is 11.5. The summed E-state index contributed by atoms with van der Waals surface area (Å²) in [5, 5.41) is 19.8. The number of rotatable bonds is 1. The number of phenolic OH excluding ortho intramolecular Hbond substituents is 2. The monoisotopic (exact) mass is 284 g/mol. The normalized spacial score (nSPS) is 26.8. The number of phenols is 2. The van der Waals surface area contributed by atoms with Gasteiger partial charge >= 0.3 is 0 Å². The molecule has 0 spiro atoms. The second-order valence-corrected chi connectivity index (χ2v) is 5.64. The largest absolute Gasteiger partial charge is 0.508 e. The van der Waals surface area contributed by atoms with Crippen LogP contribution in [0, 0.1) is 0 Å². The number of hydrogen-bond donors (Lipinski definition) is 2. The second-order valence-electron chi connectivity index (χ2n) is 5.64. The van der Waals surface area contributed by atoms with Crippen molar-refractivity contribution < 1.29 is 19.7 Å². The highest BCUT2D eigenvalue weighted by Gasteiger charge is 2.47. The average Bonchev–Trinajstić information content (AvgIpc) is 2.47. The van der Waals surface area contributed by atoms with E-state index in [1.807, 2.05) is 30.3 Å². The average molecular weight is 284 g/mol. The van der Waals surface area contributed by atoms with Crippen LogP contribution in [-0.4, -0.2) is 16.8 Å². The molecule has 0 amide bonds. The van der Waals surface area contributed by atoms with Crippen molar-refractivity contribution in [2.75, 3.05) is 6.61 Å². The minimum Gasteiger partial charge on any atom is -0.508 e. The highest BCUT2D eigenvalue weighted by atomic mass is 16.7. The molecule has 4 rings (SSSR count). The maximum Gasteiger partial charge on any atom is 0.237 e. The number of ether oxygens (including phenoxy) is 2. The van der Waals surface area contributed by atoms with Crippen molar-refractivity contribution in [2.24, 2.45) is 0 Å². The number of fused-ring (bicyclic) bond motifs is 4. The lowest BCUT2D eigenvalue weighted by molar-refractivity contribution is -0.228. The molecule has 1 saturated heterocycles. The molecule has 2 N–H and O–H groups in total. The molecule has 21 heavy (non-hydrogen) atoms. The molecule has 0 aromatic heterocycles. The van der Waals surface area contributed by atoms with Crippen molar-refractivity contribution in [2.45, 2.75) is 24.5 Å². The molecule has 2 heterocycles. The van der Waals surface area contributed by atoms with Crippen molar-refractivity contribution in [3.8, 4) is 17.2 Å². The lowest BCUT2D eigenvalue weighted by Crippen LogP contribution is -2.44. The summed E-state index contributed by atoms with van der Waals surface area (Å²) in [6, 6.07) is 12.7. The van der Waals surface area contributed by atoms with E-state index in [2.05, 4.69) is 0 Å². The van der Waals surface area contributed by atoms with Gasteiger partial charge in [0.2, 0.25) is 5.79 Å². The van der Waals surface area contributed by atoms with E-state index >= 15 is 0 Å². The van der Waals surface area contributed by atoms with Crippen molar-refractivity contribution in [3.63, 3.8) is 0 Å². The van der Waals surface area contributed by atoms with Gasteiger partial charge in [0, 0.05) is 29.7 Å². The van der Waals surface area contributed by atoms with E-state index in [1.165, 1.54) is 6.07 Å². The Morgan fingerprint density at radius 2 is 1.90 bits per heavy atom. The smallest absolute Gasteiger partial charge is 0.237 e. The van der Waals surface area contributed by atoms with E-state index < -0.39 is 5.79 Å². The van der Waals surface area contributed by atoms with Gasteiger partial charge in [0.1, 0.15) is 17.2 Å². The molecule has 1 fully saturated rings. The second kappa shape index (κ2) is 4.40. The van der Waals surface area contributed by atoms with Crippen molar-refractivity contribution in [3.05, 3.63) is 53.6 Å². The summed E-state index contributed by atoms with van der Waals surface area (Å²) >= 11 is 0. The Hall–Kier alpha value is -2.20. The highest BCUT2D eigenvalue weighted by molar-refractivity contribution is 5.53. The Kier molecular flexibility index (Phi) is 2.62. The number of benzene rings is 2. The first-order valence-corrected chi connectivity index (χ1v) is 7.12. The first-order valence-electron chi connectivity index (χ1n) is 7.12. The van der Waals surface area contributed by atoms with E-state index in [1.54, 1.807) is 6.07 Å². The van der Waals surface area contributed by atoms with Crippen molar-refractivity contribution in [1.82, 2.24) is 0 Å². The molecule has 2 unspecified atom stereocenters. The Bertz CT molecular complexity index is 683. The molecule has 2 aromatic carbocycles. The summed E-state index contributed by atoms with van der Waals surface area (Å²) < 4.78 is 12.1. The Labute approximate surface area is 122 Å². The predicted octanol–water partition coefficient (Wildman–Crippen LogP) is 3.24. The van der Waals surface area contributed by atoms with Crippen LogP contribution in [0.5, 0.6) is 17.2 Å². The molecule has 2 aromatic rings. The Balaban J connectivity index is 1.86. The fraction of sp³-hybridized carbons (Fsp3) is 0.294. The topological polar surface area (TPSA) is 58.9 Å². The van der Waals surface area contributed by atoms with Crippen molar-refractivity contribution >= 4 is 0 Å². The van der Waals surface area contributed by atoms with Gasteiger partial charge in [-0.25, -0.2) is 0 Å². The van der Waals surface area contributed by atoms with Gasteiger partial charge in [-0.2, -0.15) is 0 Å². The van der Waals surface area contributed by atoms with Crippen LogP contribution in [0.3, 0.4) is 0 Å². The third kappa shape index (κ3) is 1.87. The molecule has 4 nitrogen and oxygen atoms in total. The van der Waals surface area contributed by atoms with Gasteiger partial charge in [-0.1, -0.05) is 30.3 Å². The van der Waals surface area contributed by atoms with E-state index in [9.17, 15) is 10.2 Å². The van der Waals surface area contributed by atoms with Gasteiger partial charge < -0.3 is 19.7 Å². The van der Waals surface area contributed by atoms with Gasteiger partial charge in [0.05, 0.1) is 6.61 Å². The first kappa shape index (κ1) is 12.5.